The van der Waals surface area contributed by atoms with E-state index in [-0.39, 0.29) is 28.7 Å². The minimum Gasteiger partial charge on any atom is -0.358 e. The average Bonchev–Trinajstić information content (AvgIpc) is 3.09. The van der Waals surface area contributed by atoms with Crippen molar-refractivity contribution in [2.24, 2.45) is 0 Å². The maximum atomic E-state index is 14.1. The van der Waals surface area contributed by atoms with Crippen molar-refractivity contribution < 1.29 is 22.4 Å². The van der Waals surface area contributed by atoms with E-state index in [1.807, 2.05) is 0 Å². The summed E-state index contributed by atoms with van der Waals surface area (Å²) >= 11 is 0. The SMILES string of the molecule is CCC(=O)c1c(F)ccc2nc(-c3c[nH]c4c(F)c(F)c(F)cc34)ccc12. The van der Waals surface area contributed by atoms with Crippen molar-refractivity contribution in [3.05, 3.63) is 65.4 Å². The summed E-state index contributed by atoms with van der Waals surface area (Å²) in [5.41, 5.74) is 0.861. The lowest BCUT2D eigenvalue weighted by Crippen LogP contribution is -2.02. The molecule has 2 heterocycles. The summed E-state index contributed by atoms with van der Waals surface area (Å²) in [7, 11) is 0. The second kappa shape index (κ2) is 6.19. The average molecular weight is 372 g/mol. The zero-order chi connectivity index (χ0) is 19.3. The third-order valence-electron chi connectivity index (χ3n) is 4.51. The number of carbonyl (C=O) groups excluding carboxylic acids is 1. The van der Waals surface area contributed by atoms with E-state index in [0.29, 0.717) is 22.2 Å². The van der Waals surface area contributed by atoms with Gasteiger partial charge >= 0.3 is 0 Å². The molecule has 27 heavy (non-hydrogen) atoms. The van der Waals surface area contributed by atoms with Crippen LogP contribution in [0.2, 0.25) is 0 Å². The Morgan fingerprint density at radius 3 is 2.52 bits per heavy atom. The molecule has 0 unspecified atom stereocenters. The van der Waals surface area contributed by atoms with E-state index in [1.54, 1.807) is 13.0 Å². The van der Waals surface area contributed by atoms with Gasteiger partial charge in [0.25, 0.3) is 0 Å². The van der Waals surface area contributed by atoms with E-state index >= 15 is 0 Å². The molecule has 0 aliphatic carbocycles. The first-order chi connectivity index (χ1) is 12.9. The Labute approximate surface area is 150 Å². The fraction of sp³-hybridized carbons (Fsp3) is 0.100. The number of benzene rings is 2. The van der Waals surface area contributed by atoms with Crippen molar-refractivity contribution in [1.29, 1.82) is 0 Å². The normalized spacial score (nSPS) is 11.4. The quantitative estimate of drug-likeness (QED) is 0.292. The monoisotopic (exact) mass is 372 g/mol. The molecule has 0 amide bonds. The van der Waals surface area contributed by atoms with Gasteiger partial charge in [-0.15, -0.1) is 0 Å². The van der Waals surface area contributed by atoms with E-state index in [0.717, 1.165) is 12.1 Å². The molecule has 3 nitrogen and oxygen atoms in total. The van der Waals surface area contributed by atoms with Crippen molar-refractivity contribution in [2.45, 2.75) is 13.3 Å². The van der Waals surface area contributed by atoms with Gasteiger partial charge in [0, 0.05) is 29.0 Å². The molecule has 0 saturated heterocycles. The van der Waals surface area contributed by atoms with Gasteiger partial charge in [0.2, 0.25) is 0 Å². The number of hydrogen-bond acceptors (Lipinski definition) is 2. The molecule has 1 N–H and O–H groups in total. The van der Waals surface area contributed by atoms with E-state index in [1.165, 1.54) is 18.3 Å². The predicted molar refractivity (Wildman–Crippen MR) is 93.5 cm³/mol. The third kappa shape index (κ3) is 2.58. The summed E-state index contributed by atoms with van der Waals surface area (Å²) in [6.07, 6.45) is 1.53. The molecule has 7 heteroatoms. The standard InChI is InChI=1S/C20H12F4N2O/c1-2-16(27)17-9-3-5-15(26-14(9)6-4-12(17)21)11-8-25-20-10(11)7-13(22)18(23)19(20)24/h3-8,25H,2H2,1H3. The zero-order valence-electron chi connectivity index (χ0n) is 14.0. The number of nitrogens with zero attached hydrogens (tertiary/aromatic N) is 1. The van der Waals surface area contributed by atoms with Crippen LogP contribution in [0.3, 0.4) is 0 Å². The summed E-state index contributed by atoms with van der Waals surface area (Å²) in [6, 6.07) is 6.54. The zero-order valence-corrected chi connectivity index (χ0v) is 14.0. The Morgan fingerprint density at radius 1 is 1.00 bits per heavy atom. The highest BCUT2D eigenvalue weighted by Crippen LogP contribution is 2.33. The fourth-order valence-electron chi connectivity index (χ4n) is 3.17. The van der Waals surface area contributed by atoms with Gasteiger partial charge in [0.05, 0.1) is 22.3 Å². The van der Waals surface area contributed by atoms with Crippen LogP contribution in [0.5, 0.6) is 0 Å². The Hall–Kier alpha value is -3.22. The van der Waals surface area contributed by atoms with Gasteiger partial charge < -0.3 is 4.98 Å². The van der Waals surface area contributed by atoms with Crippen molar-refractivity contribution in [2.75, 3.05) is 0 Å². The molecule has 0 spiro atoms. The number of halogens is 4. The topological polar surface area (TPSA) is 45.8 Å². The number of aromatic nitrogens is 2. The third-order valence-corrected chi connectivity index (χ3v) is 4.51. The summed E-state index contributed by atoms with van der Waals surface area (Å²) < 4.78 is 55.1. The van der Waals surface area contributed by atoms with Gasteiger partial charge in [-0.05, 0) is 30.3 Å². The van der Waals surface area contributed by atoms with Gasteiger partial charge in [-0.3, -0.25) is 4.79 Å². The lowest BCUT2D eigenvalue weighted by Gasteiger charge is -2.08. The van der Waals surface area contributed by atoms with Gasteiger partial charge in [-0.1, -0.05) is 6.92 Å². The van der Waals surface area contributed by atoms with Crippen molar-refractivity contribution in [1.82, 2.24) is 9.97 Å². The molecule has 136 valence electrons. The highest BCUT2D eigenvalue weighted by atomic mass is 19.2. The first-order valence-corrected chi connectivity index (χ1v) is 8.19. The number of fused-ring (bicyclic) bond motifs is 2. The number of nitrogens with one attached hydrogen (secondary N) is 1. The number of hydrogen-bond donors (Lipinski definition) is 1. The van der Waals surface area contributed by atoms with Gasteiger partial charge in [0.15, 0.2) is 23.2 Å². The second-order valence-electron chi connectivity index (χ2n) is 6.07. The summed E-state index contributed by atoms with van der Waals surface area (Å²) in [4.78, 5) is 19.0. The second-order valence-corrected chi connectivity index (χ2v) is 6.07. The smallest absolute Gasteiger partial charge is 0.196 e. The molecule has 4 rings (SSSR count). The summed E-state index contributed by atoms with van der Waals surface area (Å²) in [5.74, 6) is -5.15. The first-order valence-electron chi connectivity index (χ1n) is 8.19. The number of carbonyl (C=O) groups is 1. The molecule has 0 radical (unpaired) electrons. The minimum absolute atomic E-state index is 0.0351. The number of rotatable bonds is 3. The fourth-order valence-corrected chi connectivity index (χ4v) is 3.17. The minimum atomic E-state index is -1.56. The molecular formula is C20H12F4N2O. The molecule has 0 atom stereocenters. The Balaban J connectivity index is 1.95. The molecule has 0 aliphatic heterocycles. The van der Waals surface area contributed by atoms with Crippen molar-refractivity contribution >= 4 is 27.6 Å². The Bertz CT molecular complexity index is 1230. The number of Topliss-reactive ketones (excluding diaryl/α,β-unsaturated/α-hetero) is 1. The van der Waals surface area contributed by atoms with Crippen LogP contribution in [0.15, 0.2) is 36.5 Å². The van der Waals surface area contributed by atoms with Crippen molar-refractivity contribution in [3.63, 3.8) is 0 Å². The number of pyridine rings is 1. The molecule has 2 aromatic carbocycles. The van der Waals surface area contributed by atoms with Crippen LogP contribution in [-0.4, -0.2) is 15.8 Å². The van der Waals surface area contributed by atoms with Crippen LogP contribution in [0.4, 0.5) is 17.6 Å². The van der Waals surface area contributed by atoms with Crippen LogP contribution >= 0.6 is 0 Å². The Kier molecular flexibility index (Phi) is 3.95. The predicted octanol–water partition coefficient (Wildman–Crippen LogP) is 5.53. The van der Waals surface area contributed by atoms with Crippen LogP contribution in [0.1, 0.15) is 23.7 Å². The highest BCUT2D eigenvalue weighted by Gasteiger charge is 2.19. The highest BCUT2D eigenvalue weighted by molar-refractivity contribution is 6.08. The van der Waals surface area contributed by atoms with Crippen LogP contribution in [0, 0.1) is 23.3 Å². The number of aromatic amines is 1. The van der Waals surface area contributed by atoms with Gasteiger partial charge in [-0.2, -0.15) is 0 Å². The Morgan fingerprint density at radius 2 is 1.78 bits per heavy atom. The van der Waals surface area contributed by atoms with E-state index in [4.69, 9.17) is 0 Å². The number of H-pyrrole nitrogens is 1. The van der Waals surface area contributed by atoms with Crippen LogP contribution in [0.25, 0.3) is 33.1 Å². The summed E-state index contributed by atoms with van der Waals surface area (Å²) in [6.45, 7) is 1.64. The summed E-state index contributed by atoms with van der Waals surface area (Å²) in [5, 5.41) is 0.485. The molecule has 0 bridgehead atoms. The molecule has 0 aliphatic rings. The van der Waals surface area contributed by atoms with E-state index in [9.17, 15) is 22.4 Å². The molecular weight excluding hydrogens is 360 g/mol. The first kappa shape index (κ1) is 17.2. The van der Waals surface area contributed by atoms with E-state index in [2.05, 4.69) is 9.97 Å². The van der Waals surface area contributed by atoms with Gasteiger partial charge in [-0.25, -0.2) is 22.5 Å². The lowest BCUT2D eigenvalue weighted by molar-refractivity contribution is 0.0986. The maximum Gasteiger partial charge on any atom is 0.196 e. The largest absolute Gasteiger partial charge is 0.358 e. The van der Waals surface area contributed by atoms with Crippen LogP contribution < -0.4 is 0 Å². The van der Waals surface area contributed by atoms with Crippen LogP contribution in [-0.2, 0) is 0 Å². The molecule has 4 aromatic rings. The van der Waals surface area contributed by atoms with Gasteiger partial charge in [0.1, 0.15) is 5.82 Å². The maximum absolute atomic E-state index is 14.1. The lowest BCUT2D eigenvalue weighted by atomic mass is 10.0. The molecule has 2 aromatic heterocycles. The molecule has 0 saturated carbocycles. The van der Waals surface area contributed by atoms with Crippen molar-refractivity contribution in [3.8, 4) is 11.3 Å². The van der Waals surface area contributed by atoms with E-state index < -0.39 is 23.3 Å². The number of ketones is 1. The molecule has 0 fully saturated rings.